The number of benzene rings is 1. The molecule has 1 aliphatic heterocycles. The first-order valence-corrected chi connectivity index (χ1v) is 14.3. The molecule has 1 saturated heterocycles. The molecule has 2 atom stereocenters. The molecule has 6 nitrogen and oxygen atoms in total. The van der Waals surface area contributed by atoms with Crippen molar-refractivity contribution in [2.24, 2.45) is 5.92 Å². The lowest BCUT2D eigenvalue weighted by Crippen LogP contribution is -2.30. The molecule has 2 unspecified atom stereocenters. The molecule has 4 heterocycles. The van der Waals surface area contributed by atoms with Gasteiger partial charge in [0.05, 0.1) is 11.6 Å². The molecule has 1 fully saturated rings. The van der Waals surface area contributed by atoms with E-state index in [2.05, 4.69) is 45.1 Å². The second-order valence-electron chi connectivity index (χ2n) is 10.7. The van der Waals surface area contributed by atoms with Crippen molar-refractivity contribution in [1.29, 1.82) is 0 Å². The van der Waals surface area contributed by atoms with Crippen LogP contribution in [0.2, 0.25) is 0 Å². The van der Waals surface area contributed by atoms with Gasteiger partial charge >= 0.3 is 0 Å². The maximum atomic E-state index is 6.05. The molecule has 0 amide bonds. The van der Waals surface area contributed by atoms with E-state index in [0.717, 1.165) is 57.5 Å². The van der Waals surface area contributed by atoms with Gasteiger partial charge in [0.15, 0.2) is 0 Å². The Kier molecular flexibility index (Phi) is 6.82. The zero-order valence-electron chi connectivity index (χ0n) is 22.0. The van der Waals surface area contributed by atoms with Crippen LogP contribution in [0.1, 0.15) is 54.3 Å². The quantitative estimate of drug-likeness (QED) is 0.281. The number of nitrogens with zero attached hydrogens (tertiary/aromatic N) is 4. The number of hydrogen-bond donors (Lipinski definition) is 1. The third-order valence-electron chi connectivity index (χ3n) is 8.01. The number of rotatable bonds is 7. The molecule has 3 aromatic heterocycles. The smallest absolute Gasteiger partial charge is 0.145 e. The molecule has 6 rings (SSSR count). The Morgan fingerprint density at radius 1 is 1.11 bits per heavy atom. The van der Waals surface area contributed by atoms with E-state index in [4.69, 9.17) is 4.74 Å². The van der Waals surface area contributed by atoms with E-state index in [1.54, 1.807) is 12.5 Å². The first kappa shape index (κ1) is 24.3. The van der Waals surface area contributed by atoms with E-state index in [1.807, 2.05) is 42.5 Å². The monoisotopic (exact) mass is 513 g/mol. The Morgan fingerprint density at radius 3 is 2.81 bits per heavy atom. The van der Waals surface area contributed by atoms with Crippen molar-refractivity contribution in [1.82, 2.24) is 19.9 Å². The van der Waals surface area contributed by atoms with E-state index in [9.17, 15) is 0 Å². The minimum atomic E-state index is 0.741. The lowest BCUT2D eigenvalue weighted by atomic mass is 9.85. The number of aryl methyl sites for hydroxylation is 3. The van der Waals surface area contributed by atoms with Crippen molar-refractivity contribution in [2.75, 3.05) is 18.4 Å². The fourth-order valence-electron chi connectivity index (χ4n) is 5.81. The lowest BCUT2D eigenvalue weighted by molar-refractivity contribution is 0.240. The number of aromatic nitrogens is 3. The molecular formula is C30H35N5OS. The molecule has 1 N–H and O–H groups in total. The Hall–Kier alpha value is -3.03. The number of pyridine rings is 1. The van der Waals surface area contributed by atoms with E-state index in [0.29, 0.717) is 0 Å². The van der Waals surface area contributed by atoms with E-state index in [1.165, 1.54) is 61.0 Å². The Balaban J connectivity index is 1.17. The largest absolute Gasteiger partial charge is 0.455 e. The number of anilines is 2. The van der Waals surface area contributed by atoms with Crippen LogP contribution in [0, 0.1) is 19.8 Å². The maximum Gasteiger partial charge on any atom is 0.145 e. The summed E-state index contributed by atoms with van der Waals surface area (Å²) in [6.07, 6.45) is 11.0. The van der Waals surface area contributed by atoms with Crippen LogP contribution in [0.3, 0.4) is 0 Å². The highest BCUT2D eigenvalue weighted by molar-refractivity contribution is 7.19. The standard InChI is InChI=1S/C30H35N5OS/c1-19-15-23(8-11-26(19)36-24-9-6-20(2)31-17-24)34-29-28-25-10-7-22(12-14-35-13-4-5-21(35)3)16-27(25)37-30(28)33-18-32-29/h6,8-9,11,15,17-18,21-22H,4-5,7,10,12-14,16H2,1-3H3,(H,32,33,34). The predicted octanol–water partition coefficient (Wildman–Crippen LogP) is 7.22. The van der Waals surface area contributed by atoms with Crippen molar-refractivity contribution < 1.29 is 4.74 Å². The van der Waals surface area contributed by atoms with Gasteiger partial charge in [0.1, 0.15) is 28.5 Å². The summed E-state index contributed by atoms with van der Waals surface area (Å²) >= 11 is 1.86. The Morgan fingerprint density at radius 2 is 2.03 bits per heavy atom. The van der Waals surface area contributed by atoms with E-state index in [-0.39, 0.29) is 0 Å². The summed E-state index contributed by atoms with van der Waals surface area (Å²) < 4.78 is 6.05. The van der Waals surface area contributed by atoms with Gasteiger partial charge in [-0.3, -0.25) is 4.98 Å². The number of fused-ring (bicyclic) bond motifs is 3. The molecule has 1 aliphatic carbocycles. The van der Waals surface area contributed by atoms with Gasteiger partial charge in [-0.05, 0) is 120 Å². The molecule has 2 aliphatic rings. The molecule has 192 valence electrons. The van der Waals surface area contributed by atoms with Crippen LogP contribution in [0.5, 0.6) is 11.5 Å². The average molecular weight is 514 g/mol. The van der Waals surface area contributed by atoms with Crippen molar-refractivity contribution in [2.45, 2.75) is 65.3 Å². The number of nitrogens with one attached hydrogen (secondary N) is 1. The maximum absolute atomic E-state index is 6.05. The molecule has 7 heteroatoms. The molecule has 0 radical (unpaired) electrons. The number of hydrogen-bond acceptors (Lipinski definition) is 7. The third kappa shape index (κ3) is 5.20. The van der Waals surface area contributed by atoms with Gasteiger partial charge in [0.25, 0.3) is 0 Å². The van der Waals surface area contributed by atoms with Crippen LogP contribution in [0.4, 0.5) is 11.5 Å². The van der Waals surface area contributed by atoms with Crippen molar-refractivity contribution in [3.63, 3.8) is 0 Å². The third-order valence-corrected chi connectivity index (χ3v) is 9.17. The molecule has 4 aromatic rings. The summed E-state index contributed by atoms with van der Waals surface area (Å²) in [7, 11) is 0. The summed E-state index contributed by atoms with van der Waals surface area (Å²) in [6.45, 7) is 8.95. The van der Waals surface area contributed by atoms with Gasteiger partial charge in [-0.1, -0.05) is 0 Å². The fraction of sp³-hybridized carbons (Fsp3) is 0.433. The average Bonchev–Trinajstić information content (AvgIpc) is 3.48. The lowest BCUT2D eigenvalue weighted by Gasteiger charge is -2.27. The van der Waals surface area contributed by atoms with Crippen LogP contribution in [0.25, 0.3) is 10.2 Å². The topological polar surface area (TPSA) is 63.2 Å². The minimum Gasteiger partial charge on any atom is -0.455 e. The molecule has 37 heavy (non-hydrogen) atoms. The van der Waals surface area contributed by atoms with Gasteiger partial charge in [0.2, 0.25) is 0 Å². The fourth-order valence-corrected chi connectivity index (χ4v) is 7.11. The molecule has 0 saturated carbocycles. The summed E-state index contributed by atoms with van der Waals surface area (Å²) in [5.41, 5.74) is 4.48. The summed E-state index contributed by atoms with van der Waals surface area (Å²) in [5.74, 6) is 3.25. The first-order chi connectivity index (χ1) is 18.0. The summed E-state index contributed by atoms with van der Waals surface area (Å²) in [4.78, 5) is 18.9. The van der Waals surface area contributed by atoms with Crippen LogP contribution in [-0.2, 0) is 12.8 Å². The normalized spacial score (nSPS) is 19.8. The van der Waals surface area contributed by atoms with Crippen LogP contribution >= 0.6 is 11.3 Å². The van der Waals surface area contributed by atoms with Gasteiger partial charge < -0.3 is 15.0 Å². The van der Waals surface area contributed by atoms with Crippen LogP contribution in [-0.4, -0.2) is 39.0 Å². The first-order valence-electron chi connectivity index (χ1n) is 13.5. The molecule has 0 bridgehead atoms. The highest BCUT2D eigenvalue weighted by atomic mass is 32.1. The van der Waals surface area contributed by atoms with E-state index >= 15 is 0 Å². The number of thiophene rings is 1. The number of likely N-dealkylation sites (tertiary alicyclic amines) is 1. The SMILES string of the molecule is Cc1ccc(Oc2ccc(Nc3ncnc4sc5c(c34)CCC(CCN3CCCC3C)C5)cc2C)cn1. The van der Waals surface area contributed by atoms with Crippen molar-refractivity contribution >= 4 is 33.1 Å². The predicted molar refractivity (Wildman–Crippen MR) is 151 cm³/mol. The van der Waals surface area contributed by atoms with Crippen LogP contribution < -0.4 is 10.1 Å². The van der Waals surface area contributed by atoms with Gasteiger partial charge in [-0.15, -0.1) is 11.3 Å². The number of ether oxygens (including phenoxy) is 1. The Labute approximate surface area is 223 Å². The zero-order chi connectivity index (χ0) is 25.4. The van der Waals surface area contributed by atoms with Crippen molar-refractivity contribution in [3.8, 4) is 11.5 Å². The molecule has 0 spiro atoms. The second kappa shape index (κ2) is 10.4. The van der Waals surface area contributed by atoms with Gasteiger partial charge in [-0.25, -0.2) is 9.97 Å². The highest BCUT2D eigenvalue weighted by Gasteiger charge is 2.27. The van der Waals surface area contributed by atoms with Crippen molar-refractivity contribution in [3.05, 3.63) is 64.6 Å². The van der Waals surface area contributed by atoms with Gasteiger partial charge in [-0.2, -0.15) is 0 Å². The minimum absolute atomic E-state index is 0.741. The highest BCUT2D eigenvalue weighted by Crippen LogP contribution is 2.41. The Bertz CT molecular complexity index is 1400. The molecular weight excluding hydrogens is 478 g/mol. The second-order valence-corrected chi connectivity index (χ2v) is 11.8. The summed E-state index contributed by atoms with van der Waals surface area (Å²) in [5, 5.41) is 4.79. The molecule has 1 aromatic carbocycles. The zero-order valence-corrected chi connectivity index (χ0v) is 22.8. The summed E-state index contributed by atoms with van der Waals surface area (Å²) in [6, 6.07) is 10.8. The van der Waals surface area contributed by atoms with E-state index < -0.39 is 0 Å². The van der Waals surface area contributed by atoms with Gasteiger partial charge in [0, 0.05) is 22.3 Å². The van der Waals surface area contributed by atoms with Crippen LogP contribution in [0.15, 0.2) is 42.9 Å².